The van der Waals surface area contributed by atoms with E-state index in [1.807, 2.05) is 0 Å². The molecule has 0 bridgehead atoms. The van der Waals surface area contributed by atoms with E-state index < -0.39 is 23.8 Å². The van der Waals surface area contributed by atoms with E-state index in [0.717, 1.165) is 6.07 Å². The molecule has 1 atom stereocenters. The Morgan fingerprint density at radius 3 is 2.74 bits per heavy atom. The zero-order valence-corrected chi connectivity index (χ0v) is 11.9. The Morgan fingerprint density at radius 1 is 1.26 bits per heavy atom. The van der Waals surface area contributed by atoms with E-state index >= 15 is 0 Å². The molecule has 2 aromatic rings. The Balaban J connectivity index is 1.84. The molecule has 0 N–H and O–H groups in total. The molecule has 0 radical (unpaired) electrons. The van der Waals surface area contributed by atoms with Gasteiger partial charge in [0.1, 0.15) is 12.4 Å². The summed E-state index contributed by atoms with van der Waals surface area (Å²) in [5, 5.41) is 3.56. The van der Waals surface area contributed by atoms with Crippen LogP contribution in [-0.2, 0) is 10.9 Å². The summed E-state index contributed by atoms with van der Waals surface area (Å²) < 4.78 is 49.5. The van der Waals surface area contributed by atoms with Gasteiger partial charge in [-0.1, -0.05) is 23.4 Å². The van der Waals surface area contributed by atoms with Crippen molar-refractivity contribution in [2.75, 3.05) is 19.7 Å². The SMILES string of the molecule is O=C(c1ccon1)N1CCO[C@@H](c2ccccc2C(F)(F)F)C1. The minimum atomic E-state index is -4.47. The summed E-state index contributed by atoms with van der Waals surface area (Å²) in [6, 6.07) is 6.64. The van der Waals surface area contributed by atoms with E-state index in [4.69, 9.17) is 4.74 Å². The number of amides is 1. The van der Waals surface area contributed by atoms with Gasteiger partial charge >= 0.3 is 6.18 Å². The van der Waals surface area contributed by atoms with E-state index in [-0.39, 0.29) is 31.0 Å². The topological polar surface area (TPSA) is 55.6 Å². The van der Waals surface area contributed by atoms with Gasteiger partial charge in [-0.2, -0.15) is 13.2 Å². The van der Waals surface area contributed by atoms with Crippen molar-refractivity contribution in [2.24, 2.45) is 0 Å². The van der Waals surface area contributed by atoms with Crippen molar-refractivity contribution in [3.63, 3.8) is 0 Å². The van der Waals surface area contributed by atoms with Crippen LogP contribution < -0.4 is 0 Å². The Morgan fingerprint density at radius 2 is 2.04 bits per heavy atom. The van der Waals surface area contributed by atoms with Crippen molar-refractivity contribution in [3.05, 3.63) is 53.4 Å². The number of alkyl halides is 3. The fraction of sp³-hybridized carbons (Fsp3) is 0.333. The Hall–Kier alpha value is -2.35. The van der Waals surface area contributed by atoms with E-state index in [1.54, 1.807) is 0 Å². The van der Waals surface area contributed by atoms with Gasteiger partial charge < -0.3 is 14.2 Å². The van der Waals surface area contributed by atoms with Gasteiger partial charge in [-0.3, -0.25) is 4.79 Å². The van der Waals surface area contributed by atoms with Crippen molar-refractivity contribution in [1.29, 1.82) is 0 Å². The summed E-state index contributed by atoms with van der Waals surface area (Å²) in [5.74, 6) is -0.392. The zero-order valence-electron chi connectivity index (χ0n) is 11.9. The number of rotatable bonds is 2. The van der Waals surface area contributed by atoms with Gasteiger partial charge in [-0.25, -0.2) is 0 Å². The Bertz CT molecular complexity index is 686. The van der Waals surface area contributed by atoms with Crippen LogP contribution >= 0.6 is 0 Å². The van der Waals surface area contributed by atoms with E-state index in [0.29, 0.717) is 0 Å². The molecule has 23 heavy (non-hydrogen) atoms. The number of aromatic nitrogens is 1. The lowest BCUT2D eigenvalue weighted by atomic mass is 10.0. The molecule has 8 heteroatoms. The second-order valence-electron chi connectivity index (χ2n) is 5.08. The maximum absolute atomic E-state index is 13.1. The normalized spacial score (nSPS) is 18.9. The second kappa shape index (κ2) is 6.04. The van der Waals surface area contributed by atoms with Crippen molar-refractivity contribution < 1.29 is 27.2 Å². The number of halogens is 3. The fourth-order valence-electron chi connectivity index (χ4n) is 2.54. The summed E-state index contributed by atoms with van der Waals surface area (Å²) >= 11 is 0. The average molecular weight is 326 g/mol. The van der Waals surface area contributed by atoms with Crippen molar-refractivity contribution in [3.8, 4) is 0 Å². The van der Waals surface area contributed by atoms with Crippen LogP contribution in [0.25, 0.3) is 0 Å². The molecule has 1 aromatic carbocycles. The molecule has 3 rings (SSSR count). The molecule has 1 aliphatic heterocycles. The number of nitrogens with zero attached hydrogens (tertiary/aromatic N) is 2. The van der Waals surface area contributed by atoms with Gasteiger partial charge in [-0.05, 0) is 11.6 Å². The highest BCUT2D eigenvalue weighted by Crippen LogP contribution is 2.36. The predicted octanol–water partition coefficient (Wildman–Crippen LogP) is 2.91. The zero-order chi connectivity index (χ0) is 16.4. The molecule has 1 aromatic heterocycles. The number of hydrogen-bond donors (Lipinski definition) is 0. The monoisotopic (exact) mass is 326 g/mol. The predicted molar refractivity (Wildman–Crippen MR) is 72.5 cm³/mol. The lowest BCUT2D eigenvalue weighted by Gasteiger charge is -2.33. The van der Waals surface area contributed by atoms with Crippen LogP contribution in [0.15, 0.2) is 41.1 Å². The van der Waals surface area contributed by atoms with Crippen molar-refractivity contribution in [2.45, 2.75) is 12.3 Å². The van der Waals surface area contributed by atoms with Crippen molar-refractivity contribution in [1.82, 2.24) is 10.1 Å². The van der Waals surface area contributed by atoms with Gasteiger partial charge in [0.2, 0.25) is 0 Å². The van der Waals surface area contributed by atoms with E-state index in [1.165, 1.54) is 35.4 Å². The molecular formula is C15H13F3N2O3. The molecule has 0 aliphatic carbocycles. The molecule has 2 heterocycles. The van der Waals surface area contributed by atoms with E-state index in [2.05, 4.69) is 9.68 Å². The molecule has 122 valence electrons. The van der Waals surface area contributed by atoms with Crippen LogP contribution in [0, 0.1) is 0 Å². The van der Waals surface area contributed by atoms with Crippen LogP contribution in [0.2, 0.25) is 0 Å². The first-order valence-corrected chi connectivity index (χ1v) is 6.94. The maximum Gasteiger partial charge on any atom is 0.416 e. The highest BCUT2D eigenvalue weighted by Gasteiger charge is 2.37. The third-order valence-corrected chi connectivity index (χ3v) is 3.62. The minimum absolute atomic E-state index is 0.0256. The van der Waals surface area contributed by atoms with Gasteiger partial charge in [0, 0.05) is 12.6 Å². The molecule has 5 nitrogen and oxygen atoms in total. The van der Waals surface area contributed by atoms with Crippen LogP contribution in [-0.4, -0.2) is 35.7 Å². The molecule has 1 fully saturated rings. The summed E-state index contributed by atoms with van der Waals surface area (Å²) in [5.41, 5.74) is -0.604. The van der Waals surface area contributed by atoms with Crippen LogP contribution in [0.4, 0.5) is 13.2 Å². The largest absolute Gasteiger partial charge is 0.416 e. The molecule has 0 saturated carbocycles. The highest BCUT2D eigenvalue weighted by molar-refractivity contribution is 5.92. The second-order valence-corrected chi connectivity index (χ2v) is 5.08. The standard InChI is InChI=1S/C15H13F3N2O3/c16-15(17,18)11-4-2-1-3-10(11)13-9-20(6-8-22-13)14(21)12-5-7-23-19-12/h1-5,7,13H,6,8-9H2/t13-/m1/s1. The quantitative estimate of drug-likeness (QED) is 0.851. The number of ether oxygens (including phenoxy) is 1. The number of carbonyl (C=O) groups excluding carboxylic acids is 1. The first-order chi connectivity index (χ1) is 11.0. The number of morpholine rings is 1. The summed E-state index contributed by atoms with van der Waals surface area (Å²) in [7, 11) is 0. The smallest absolute Gasteiger partial charge is 0.370 e. The summed E-state index contributed by atoms with van der Waals surface area (Å²) in [6.07, 6.45) is -4.04. The van der Waals surface area contributed by atoms with Gasteiger partial charge in [0.05, 0.1) is 18.7 Å². The molecule has 0 unspecified atom stereocenters. The van der Waals surface area contributed by atoms with Gasteiger partial charge in [0.15, 0.2) is 5.69 Å². The third kappa shape index (κ3) is 3.21. The third-order valence-electron chi connectivity index (χ3n) is 3.62. The molecule has 1 aliphatic rings. The van der Waals surface area contributed by atoms with Gasteiger partial charge in [-0.15, -0.1) is 0 Å². The van der Waals surface area contributed by atoms with Crippen LogP contribution in [0.1, 0.15) is 27.7 Å². The first kappa shape index (κ1) is 15.5. The van der Waals surface area contributed by atoms with E-state index in [9.17, 15) is 18.0 Å². The minimum Gasteiger partial charge on any atom is -0.370 e. The lowest BCUT2D eigenvalue weighted by Crippen LogP contribution is -2.42. The lowest BCUT2D eigenvalue weighted by molar-refractivity contribution is -0.140. The first-order valence-electron chi connectivity index (χ1n) is 6.94. The van der Waals surface area contributed by atoms with Gasteiger partial charge in [0.25, 0.3) is 5.91 Å². The average Bonchev–Trinajstić information content (AvgIpc) is 3.08. The highest BCUT2D eigenvalue weighted by atomic mass is 19.4. The summed E-state index contributed by atoms with van der Waals surface area (Å²) in [4.78, 5) is 13.7. The fourth-order valence-corrected chi connectivity index (χ4v) is 2.54. The van der Waals surface area contributed by atoms with Crippen LogP contribution in [0.3, 0.4) is 0 Å². The summed E-state index contributed by atoms with van der Waals surface area (Å²) in [6.45, 7) is 0.468. The Labute approximate surface area is 129 Å². The molecular weight excluding hydrogens is 313 g/mol. The number of carbonyl (C=O) groups is 1. The van der Waals surface area contributed by atoms with Crippen LogP contribution in [0.5, 0.6) is 0 Å². The van der Waals surface area contributed by atoms with Crippen molar-refractivity contribution >= 4 is 5.91 Å². The maximum atomic E-state index is 13.1. The molecule has 1 saturated heterocycles. The molecule has 1 amide bonds. The Kier molecular flexibility index (Phi) is 4.08. The number of benzene rings is 1. The molecule has 0 spiro atoms. The number of hydrogen-bond acceptors (Lipinski definition) is 4.